The zero-order valence-electron chi connectivity index (χ0n) is 14.3. The molecule has 1 saturated heterocycles. The molecule has 2 aromatic rings. The fraction of sp³-hybridized carbons (Fsp3) is 0.350. The molecule has 0 atom stereocenters. The first kappa shape index (κ1) is 17.0. The van der Waals surface area contributed by atoms with E-state index in [0.29, 0.717) is 23.7 Å². The topological polar surface area (TPSA) is 66.2 Å². The van der Waals surface area contributed by atoms with E-state index in [-0.39, 0.29) is 5.91 Å². The van der Waals surface area contributed by atoms with Crippen LogP contribution in [0, 0.1) is 24.2 Å². The molecule has 0 radical (unpaired) electrons. The molecule has 1 aliphatic heterocycles. The van der Waals surface area contributed by atoms with Crippen molar-refractivity contribution in [3.05, 3.63) is 59.4 Å². The number of amides is 1. The minimum absolute atomic E-state index is 0.00134. The van der Waals surface area contributed by atoms with Crippen LogP contribution < -0.4 is 4.74 Å². The first-order valence-corrected chi connectivity index (χ1v) is 8.50. The number of benzene rings is 1. The summed E-state index contributed by atoms with van der Waals surface area (Å²) in [6.45, 7) is 4.09. The number of hydrogen-bond acceptors (Lipinski definition) is 4. The molecule has 0 bridgehead atoms. The van der Waals surface area contributed by atoms with E-state index in [2.05, 4.69) is 11.1 Å². The smallest absolute Gasteiger partial charge is 0.253 e. The SMILES string of the molecule is Cc1cnccc1OCC1CCN(C(=O)c2cccc(C#N)c2)CC1. The van der Waals surface area contributed by atoms with Crippen molar-refractivity contribution in [2.45, 2.75) is 19.8 Å². The van der Waals surface area contributed by atoms with Gasteiger partial charge in [0.15, 0.2) is 0 Å². The van der Waals surface area contributed by atoms with Gasteiger partial charge in [0.2, 0.25) is 0 Å². The molecule has 2 heterocycles. The number of aromatic nitrogens is 1. The van der Waals surface area contributed by atoms with E-state index < -0.39 is 0 Å². The molecule has 0 saturated carbocycles. The number of aryl methyl sites for hydroxylation is 1. The highest BCUT2D eigenvalue weighted by Crippen LogP contribution is 2.22. The number of rotatable bonds is 4. The van der Waals surface area contributed by atoms with Crippen LogP contribution in [0.2, 0.25) is 0 Å². The Morgan fingerprint density at radius 1 is 1.36 bits per heavy atom. The molecule has 1 aromatic carbocycles. The minimum atomic E-state index is 0.00134. The second kappa shape index (κ2) is 7.80. The Labute approximate surface area is 147 Å². The van der Waals surface area contributed by atoms with Gasteiger partial charge < -0.3 is 9.64 Å². The number of carbonyl (C=O) groups excluding carboxylic acids is 1. The van der Waals surface area contributed by atoms with Gasteiger partial charge in [-0.05, 0) is 49.9 Å². The van der Waals surface area contributed by atoms with E-state index in [1.54, 1.807) is 36.7 Å². The van der Waals surface area contributed by atoms with Gasteiger partial charge in [-0.15, -0.1) is 0 Å². The largest absolute Gasteiger partial charge is 0.493 e. The number of piperidine rings is 1. The third-order valence-corrected chi connectivity index (χ3v) is 4.58. The number of ether oxygens (including phenoxy) is 1. The molecule has 1 aromatic heterocycles. The lowest BCUT2D eigenvalue weighted by Gasteiger charge is -2.32. The van der Waals surface area contributed by atoms with Crippen LogP contribution in [0.25, 0.3) is 0 Å². The Balaban J connectivity index is 1.52. The van der Waals surface area contributed by atoms with Crippen molar-refractivity contribution in [3.8, 4) is 11.8 Å². The number of carbonyl (C=O) groups is 1. The van der Waals surface area contributed by atoms with E-state index in [9.17, 15) is 4.79 Å². The number of pyridine rings is 1. The molecule has 0 spiro atoms. The van der Waals surface area contributed by atoms with Crippen LogP contribution in [0.4, 0.5) is 0 Å². The van der Waals surface area contributed by atoms with E-state index in [4.69, 9.17) is 10.00 Å². The maximum atomic E-state index is 12.6. The second-order valence-corrected chi connectivity index (χ2v) is 6.38. The minimum Gasteiger partial charge on any atom is -0.493 e. The van der Waals surface area contributed by atoms with Crippen LogP contribution >= 0.6 is 0 Å². The first-order valence-electron chi connectivity index (χ1n) is 8.50. The second-order valence-electron chi connectivity index (χ2n) is 6.38. The summed E-state index contributed by atoms with van der Waals surface area (Å²) in [6, 6.07) is 10.9. The molecule has 0 N–H and O–H groups in total. The van der Waals surface area contributed by atoms with E-state index in [0.717, 1.165) is 37.2 Å². The van der Waals surface area contributed by atoms with Crippen molar-refractivity contribution in [3.63, 3.8) is 0 Å². The summed E-state index contributed by atoms with van der Waals surface area (Å²) in [6.07, 6.45) is 5.38. The monoisotopic (exact) mass is 335 g/mol. The Bertz CT molecular complexity index is 790. The Morgan fingerprint density at radius 2 is 2.16 bits per heavy atom. The van der Waals surface area contributed by atoms with Crippen molar-refractivity contribution in [1.82, 2.24) is 9.88 Å². The van der Waals surface area contributed by atoms with Gasteiger partial charge >= 0.3 is 0 Å². The van der Waals surface area contributed by atoms with Crippen molar-refractivity contribution >= 4 is 5.91 Å². The summed E-state index contributed by atoms with van der Waals surface area (Å²) in [5.74, 6) is 1.32. The van der Waals surface area contributed by atoms with Gasteiger partial charge in [-0.25, -0.2) is 0 Å². The summed E-state index contributed by atoms with van der Waals surface area (Å²) in [5.41, 5.74) is 2.13. The van der Waals surface area contributed by atoms with Gasteiger partial charge in [0.25, 0.3) is 5.91 Å². The van der Waals surface area contributed by atoms with Gasteiger partial charge in [-0.1, -0.05) is 6.07 Å². The highest BCUT2D eigenvalue weighted by Gasteiger charge is 2.24. The summed E-state index contributed by atoms with van der Waals surface area (Å²) in [5, 5.41) is 8.97. The Morgan fingerprint density at radius 3 is 2.88 bits per heavy atom. The molecule has 3 rings (SSSR count). The molecule has 1 aliphatic rings. The summed E-state index contributed by atoms with van der Waals surface area (Å²) < 4.78 is 5.91. The van der Waals surface area contributed by atoms with Crippen molar-refractivity contribution in [1.29, 1.82) is 5.26 Å². The third kappa shape index (κ3) is 4.16. The van der Waals surface area contributed by atoms with Crippen molar-refractivity contribution in [2.75, 3.05) is 19.7 Å². The summed E-state index contributed by atoms with van der Waals surface area (Å²) >= 11 is 0. The Hall–Kier alpha value is -2.87. The van der Waals surface area contributed by atoms with Gasteiger partial charge in [0.1, 0.15) is 5.75 Å². The molecule has 0 unspecified atom stereocenters. The average Bonchev–Trinajstić information content (AvgIpc) is 2.67. The van der Waals surface area contributed by atoms with E-state index >= 15 is 0 Å². The van der Waals surface area contributed by atoms with Crippen LogP contribution in [0.5, 0.6) is 5.75 Å². The molecule has 1 amide bonds. The standard InChI is InChI=1S/C20H21N3O2/c1-15-13-22-8-5-19(15)25-14-16-6-9-23(10-7-16)20(24)18-4-2-3-17(11-18)12-21/h2-5,8,11,13,16H,6-7,9-10,14H2,1H3. The van der Waals surface area contributed by atoms with Gasteiger partial charge in [0.05, 0.1) is 18.2 Å². The lowest BCUT2D eigenvalue weighted by atomic mass is 9.97. The molecular weight excluding hydrogens is 314 g/mol. The van der Waals surface area contributed by atoms with E-state index in [1.807, 2.05) is 17.9 Å². The maximum absolute atomic E-state index is 12.6. The average molecular weight is 335 g/mol. The number of hydrogen-bond donors (Lipinski definition) is 0. The van der Waals surface area contributed by atoms with Crippen LogP contribution in [0.1, 0.15) is 34.3 Å². The van der Waals surface area contributed by atoms with Gasteiger partial charge in [-0.3, -0.25) is 9.78 Å². The number of nitrogens with zero attached hydrogens (tertiary/aromatic N) is 3. The predicted molar refractivity (Wildman–Crippen MR) is 94.3 cm³/mol. The third-order valence-electron chi connectivity index (χ3n) is 4.58. The number of likely N-dealkylation sites (tertiary alicyclic amines) is 1. The fourth-order valence-electron chi connectivity index (χ4n) is 3.04. The first-order chi connectivity index (χ1) is 12.2. The summed E-state index contributed by atoms with van der Waals surface area (Å²) in [7, 11) is 0. The van der Waals surface area contributed by atoms with Crippen molar-refractivity contribution < 1.29 is 9.53 Å². The van der Waals surface area contributed by atoms with Gasteiger partial charge in [-0.2, -0.15) is 5.26 Å². The van der Waals surface area contributed by atoms with Crippen LogP contribution in [-0.2, 0) is 0 Å². The molecule has 128 valence electrons. The Kier molecular flexibility index (Phi) is 5.30. The molecule has 5 nitrogen and oxygen atoms in total. The maximum Gasteiger partial charge on any atom is 0.253 e. The molecular formula is C20H21N3O2. The fourth-order valence-corrected chi connectivity index (χ4v) is 3.04. The predicted octanol–water partition coefficient (Wildman–Crippen LogP) is 3.19. The highest BCUT2D eigenvalue weighted by molar-refractivity contribution is 5.94. The summed E-state index contributed by atoms with van der Waals surface area (Å²) in [4.78, 5) is 18.5. The molecule has 0 aliphatic carbocycles. The molecule has 1 fully saturated rings. The van der Waals surface area contributed by atoms with Crippen LogP contribution in [0.15, 0.2) is 42.7 Å². The van der Waals surface area contributed by atoms with Crippen LogP contribution in [-0.4, -0.2) is 35.5 Å². The molecule has 25 heavy (non-hydrogen) atoms. The lowest BCUT2D eigenvalue weighted by molar-refractivity contribution is 0.0661. The van der Waals surface area contributed by atoms with Gasteiger partial charge in [0, 0.05) is 36.6 Å². The van der Waals surface area contributed by atoms with Crippen molar-refractivity contribution in [2.24, 2.45) is 5.92 Å². The van der Waals surface area contributed by atoms with Crippen LogP contribution in [0.3, 0.4) is 0 Å². The number of nitriles is 1. The zero-order chi connectivity index (χ0) is 17.6. The highest BCUT2D eigenvalue weighted by atomic mass is 16.5. The lowest BCUT2D eigenvalue weighted by Crippen LogP contribution is -2.39. The zero-order valence-corrected chi connectivity index (χ0v) is 14.3. The molecule has 5 heteroatoms. The van der Waals surface area contributed by atoms with E-state index in [1.165, 1.54) is 0 Å². The quantitative estimate of drug-likeness (QED) is 0.860. The normalized spacial score (nSPS) is 14.8.